The SMILES string of the molecule is CNC(c1ccc(Cl)cc1)C12CC3CC(CC(C)(C3)C1)C2. The number of hydrogen-bond donors (Lipinski definition) is 1. The first-order valence-corrected chi connectivity index (χ1v) is 8.83. The summed E-state index contributed by atoms with van der Waals surface area (Å²) in [5.74, 6) is 1.94. The second-order valence-electron chi connectivity index (χ2n) is 8.41. The van der Waals surface area contributed by atoms with Crippen LogP contribution in [0.2, 0.25) is 5.02 Å². The highest BCUT2D eigenvalue weighted by Crippen LogP contribution is 2.68. The van der Waals surface area contributed by atoms with Gasteiger partial charge in [0.05, 0.1) is 0 Å². The minimum atomic E-state index is 0.474. The van der Waals surface area contributed by atoms with Gasteiger partial charge in [0.25, 0.3) is 0 Å². The molecule has 0 spiro atoms. The molecule has 5 rings (SSSR count). The van der Waals surface area contributed by atoms with Gasteiger partial charge in [0.2, 0.25) is 0 Å². The van der Waals surface area contributed by atoms with Gasteiger partial charge >= 0.3 is 0 Å². The maximum atomic E-state index is 6.08. The van der Waals surface area contributed by atoms with Gasteiger partial charge in [-0.15, -0.1) is 0 Å². The summed E-state index contributed by atoms with van der Waals surface area (Å²) in [6.45, 7) is 2.55. The van der Waals surface area contributed by atoms with Crippen molar-refractivity contribution in [2.75, 3.05) is 7.05 Å². The van der Waals surface area contributed by atoms with Crippen molar-refractivity contribution in [3.63, 3.8) is 0 Å². The van der Waals surface area contributed by atoms with Crippen molar-refractivity contribution >= 4 is 11.6 Å². The Morgan fingerprint density at radius 2 is 1.71 bits per heavy atom. The van der Waals surface area contributed by atoms with E-state index in [1.54, 1.807) is 0 Å². The molecule has 1 N–H and O–H groups in total. The summed E-state index contributed by atoms with van der Waals surface area (Å²) < 4.78 is 0. The number of rotatable bonds is 3. The van der Waals surface area contributed by atoms with Gasteiger partial charge < -0.3 is 5.32 Å². The molecule has 4 fully saturated rings. The lowest BCUT2D eigenvalue weighted by molar-refractivity contribution is -0.118. The molecular formula is C19H26ClN. The molecule has 114 valence electrons. The van der Waals surface area contributed by atoms with Gasteiger partial charge in [0.15, 0.2) is 0 Å². The molecule has 1 aromatic carbocycles. The predicted molar refractivity (Wildman–Crippen MR) is 88.5 cm³/mol. The van der Waals surface area contributed by atoms with Crippen LogP contribution in [-0.4, -0.2) is 7.05 Å². The molecular weight excluding hydrogens is 278 g/mol. The Morgan fingerprint density at radius 3 is 2.24 bits per heavy atom. The monoisotopic (exact) mass is 303 g/mol. The fourth-order valence-corrected chi connectivity index (χ4v) is 6.74. The van der Waals surface area contributed by atoms with Crippen molar-refractivity contribution in [2.45, 2.75) is 51.5 Å². The Labute approximate surface area is 133 Å². The lowest BCUT2D eigenvalue weighted by atomic mass is 9.43. The third kappa shape index (κ3) is 2.24. The summed E-state index contributed by atoms with van der Waals surface area (Å²) in [4.78, 5) is 0. The average molecular weight is 304 g/mol. The number of nitrogens with one attached hydrogen (secondary N) is 1. The molecule has 0 saturated heterocycles. The van der Waals surface area contributed by atoms with Crippen LogP contribution in [-0.2, 0) is 0 Å². The molecule has 0 aliphatic heterocycles. The minimum Gasteiger partial charge on any atom is -0.313 e. The van der Waals surface area contributed by atoms with E-state index in [0.29, 0.717) is 16.9 Å². The summed E-state index contributed by atoms with van der Waals surface area (Å²) in [5.41, 5.74) is 2.50. The van der Waals surface area contributed by atoms with E-state index in [-0.39, 0.29) is 0 Å². The Bertz CT molecular complexity index is 521. The molecule has 4 aliphatic carbocycles. The zero-order valence-electron chi connectivity index (χ0n) is 13.2. The summed E-state index contributed by atoms with van der Waals surface area (Å²) >= 11 is 6.08. The van der Waals surface area contributed by atoms with Crippen LogP contribution in [0.3, 0.4) is 0 Å². The van der Waals surface area contributed by atoms with Crippen molar-refractivity contribution in [2.24, 2.45) is 22.7 Å². The van der Waals surface area contributed by atoms with Crippen LogP contribution < -0.4 is 5.32 Å². The second kappa shape index (κ2) is 4.73. The topological polar surface area (TPSA) is 12.0 Å². The van der Waals surface area contributed by atoms with Gasteiger partial charge in [-0.2, -0.15) is 0 Å². The first kappa shape index (κ1) is 14.1. The van der Waals surface area contributed by atoms with Gasteiger partial charge in [0.1, 0.15) is 0 Å². The molecule has 4 aliphatic rings. The zero-order valence-corrected chi connectivity index (χ0v) is 13.9. The largest absolute Gasteiger partial charge is 0.313 e. The van der Waals surface area contributed by atoms with Crippen molar-refractivity contribution in [3.8, 4) is 0 Å². The molecule has 3 atom stereocenters. The maximum Gasteiger partial charge on any atom is 0.0406 e. The van der Waals surface area contributed by atoms with Gasteiger partial charge in [-0.1, -0.05) is 30.7 Å². The van der Waals surface area contributed by atoms with E-state index >= 15 is 0 Å². The molecule has 4 saturated carbocycles. The van der Waals surface area contributed by atoms with Crippen LogP contribution in [0.15, 0.2) is 24.3 Å². The predicted octanol–water partition coefficient (Wildman–Crippen LogP) is 5.21. The lowest BCUT2D eigenvalue weighted by Gasteiger charge is -2.63. The maximum absolute atomic E-state index is 6.08. The fraction of sp³-hybridized carbons (Fsp3) is 0.684. The van der Waals surface area contributed by atoms with Gasteiger partial charge in [-0.25, -0.2) is 0 Å². The molecule has 21 heavy (non-hydrogen) atoms. The third-order valence-corrected chi connectivity index (χ3v) is 6.76. The molecule has 1 nitrogen and oxygen atoms in total. The normalized spacial score (nSPS) is 42.2. The van der Waals surface area contributed by atoms with E-state index in [1.807, 2.05) is 12.1 Å². The van der Waals surface area contributed by atoms with Crippen LogP contribution >= 0.6 is 11.6 Å². The number of hydrogen-bond acceptors (Lipinski definition) is 1. The van der Waals surface area contributed by atoms with Gasteiger partial charge in [0, 0.05) is 11.1 Å². The smallest absolute Gasteiger partial charge is 0.0406 e. The molecule has 2 heteroatoms. The van der Waals surface area contributed by atoms with Crippen LogP contribution in [0.25, 0.3) is 0 Å². The van der Waals surface area contributed by atoms with E-state index in [4.69, 9.17) is 11.6 Å². The summed E-state index contributed by atoms with van der Waals surface area (Å²) in [6, 6.07) is 9.03. The standard InChI is InChI=1S/C19H26ClN/c1-18-8-13-7-14(9-18)11-19(10-13,12-18)17(21-2)15-3-5-16(20)6-4-15/h3-6,13-14,17,21H,7-12H2,1-2H3. The fourth-order valence-electron chi connectivity index (χ4n) is 6.62. The second-order valence-corrected chi connectivity index (χ2v) is 8.84. The Balaban J connectivity index is 1.71. The quantitative estimate of drug-likeness (QED) is 0.808. The summed E-state index contributed by atoms with van der Waals surface area (Å²) in [7, 11) is 2.14. The van der Waals surface area contributed by atoms with Crippen molar-refractivity contribution in [1.82, 2.24) is 5.32 Å². The Kier molecular flexibility index (Phi) is 3.17. The Hall–Kier alpha value is -0.530. The number of halogens is 1. The van der Waals surface area contributed by atoms with Crippen molar-refractivity contribution in [1.29, 1.82) is 0 Å². The van der Waals surface area contributed by atoms with Gasteiger partial charge in [-0.05, 0) is 85.9 Å². The molecule has 0 aromatic heterocycles. The van der Waals surface area contributed by atoms with Crippen LogP contribution in [0.5, 0.6) is 0 Å². The van der Waals surface area contributed by atoms with Crippen LogP contribution in [0.4, 0.5) is 0 Å². The van der Waals surface area contributed by atoms with Crippen LogP contribution in [0.1, 0.15) is 57.1 Å². The van der Waals surface area contributed by atoms with Crippen LogP contribution in [0, 0.1) is 22.7 Å². The van der Waals surface area contributed by atoms with E-state index < -0.39 is 0 Å². The average Bonchev–Trinajstić information content (AvgIpc) is 2.38. The summed E-state index contributed by atoms with van der Waals surface area (Å²) in [6.07, 6.45) is 8.70. The van der Waals surface area contributed by atoms with E-state index in [0.717, 1.165) is 16.9 Å². The molecule has 0 radical (unpaired) electrons. The molecule has 4 bridgehead atoms. The first-order valence-electron chi connectivity index (χ1n) is 8.45. The minimum absolute atomic E-state index is 0.474. The number of benzene rings is 1. The molecule has 3 unspecified atom stereocenters. The molecule has 0 heterocycles. The van der Waals surface area contributed by atoms with Gasteiger partial charge in [-0.3, -0.25) is 0 Å². The third-order valence-electron chi connectivity index (χ3n) is 6.50. The highest BCUT2D eigenvalue weighted by Gasteiger charge is 2.58. The first-order chi connectivity index (χ1) is 10.0. The molecule has 0 amide bonds. The summed E-state index contributed by atoms with van der Waals surface area (Å²) in [5, 5.41) is 4.51. The highest BCUT2D eigenvalue weighted by molar-refractivity contribution is 6.30. The van der Waals surface area contributed by atoms with Crippen molar-refractivity contribution in [3.05, 3.63) is 34.9 Å². The zero-order chi connectivity index (χ0) is 14.7. The lowest BCUT2D eigenvalue weighted by Crippen LogP contribution is -2.55. The van der Waals surface area contributed by atoms with Crippen molar-refractivity contribution < 1.29 is 0 Å². The van der Waals surface area contributed by atoms with E-state index in [2.05, 4.69) is 31.4 Å². The van der Waals surface area contributed by atoms with E-state index in [9.17, 15) is 0 Å². The van der Waals surface area contributed by atoms with E-state index in [1.165, 1.54) is 44.1 Å². The Morgan fingerprint density at radius 1 is 1.10 bits per heavy atom. The highest BCUT2D eigenvalue weighted by atomic mass is 35.5. The molecule has 1 aromatic rings.